The van der Waals surface area contributed by atoms with Crippen LogP contribution in [0.1, 0.15) is 58.8 Å². The maximum absolute atomic E-state index is 13.2. The molecule has 0 saturated heterocycles. The molecular weight excluding hydrogens is 257 g/mol. The standard InChI is InChI=1S/C14H27F3O2/c1-4-6-9-12(5-2)13(18,14(15,16)17)10-7-8-11-19-3/h12,18H,4-11H2,1-3H3. The Morgan fingerprint density at radius 1 is 1.11 bits per heavy atom. The summed E-state index contributed by atoms with van der Waals surface area (Å²) in [4.78, 5) is 0. The second-order valence-electron chi connectivity index (χ2n) is 5.12. The maximum atomic E-state index is 13.2. The molecule has 0 aromatic rings. The second kappa shape index (κ2) is 8.80. The van der Waals surface area contributed by atoms with Gasteiger partial charge in [-0.15, -0.1) is 0 Å². The molecule has 116 valence electrons. The van der Waals surface area contributed by atoms with Crippen LogP contribution < -0.4 is 0 Å². The smallest absolute Gasteiger partial charge is 0.385 e. The Hall–Kier alpha value is -0.290. The third-order valence-corrected chi connectivity index (χ3v) is 3.72. The summed E-state index contributed by atoms with van der Waals surface area (Å²) in [6, 6.07) is 0. The highest BCUT2D eigenvalue weighted by Gasteiger charge is 2.56. The average molecular weight is 284 g/mol. The van der Waals surface area contributed by atoms with E-state index in [4.69, 9.17) is 4.74 Å². The zero-order valence-electron chi connectivity index (χ0n) is 12.2. The van der Waals surface area contributed by atoms with Crippen LogP contribution in [0.4, 0.5) is 13.2 Å². The summed E-state index contributed by atoms with van der Waals surface area (Å²) in [5.74, 6) is -0.713. The molecule has 0 heterocycles. The highest BCUT2D eigenvalue weighted by Crippen LogP contribution is 2.43. The Kier molecular flexibility index (Phi) is 8.66. The van der Waals surface area contributed by atoms with Crippen LogP contribution in [0.15, 0.2) is 0 Å². The highest BCUT2D eigenvalue weighted by molar-refractivity contribution is 4.92. The zero-order valence-corrected chi connectivity index (χ0v) is 12.2. The average Bonchev–Trinajstić information content (AvgIpc) is 2.34. The predicted molar refractivity (Wildman–Crippen MR) is 70.0 cm³/mol. The Balaban J connectivity index is 4.73. The van der Waals surface area contributed by atoms with E-state index in [2.05, 4.69) is 0 Å². The molecule has 0 saturated carbocycles. The third kappa shape index (κ3) is 5.69. The van der Waals surface area contributed by atoms with Gasteiger partial charge in [-0.2, -0.15) is 13.2 Å². The molecule has 0 radical (unpaired) electrons. The number of methoxy groups -OCH3 is 1. The molecule has 0 fully saturated rings. The number of unbranched alkanes of at least 4 members (excludes halogenated alkanes) is 2. The molecule has 0 aliphatic heterocycles. The molecule has 0 aliphatic carbocycles. The van der Waals surface area contributed by atoms with E-state index >= 15 is 0 Å². The number of rotatable bonds is 10. The van der Waals surface area contributed by atoms with Gasteiger partial charge in [0.25, 0.3) is 0 Å². The van der Waals surface area contributed by atoms with Crippen molar-refractivity contribution >= 4 is 0 Å². The van der Waals surface area contributed by atoms with Crippen molar-refractivity contribution in [1.82, 2.24) is 0 Å². The van der Waals surface area contributed by atoms with Crippen LogP contribution in [0, 0.1) is 5.92 Å². The predicted octanol–water partition coefficient (Wildman–Crippen LogP) is 4.31. The molecule has 0 amide bonds. The Morgan fingerprint density at radius 2 is 1.74 bits per heavy atom. The van der Waals surface area contributed by atoms with Gasteiger partial charge in [0.1, 0.15) is 0 Å². The summed E-state index contributed by atoms with van der Waals surface area (Å²) in [6.07, 6.45) is -1.60. The summed E-state index contributed by atoms with van der Waals surface area (Å²) in [5.41, 5.74) is -2.55. The van der Waals surface area contributed by atoms with E-state index in [1.165, 1.54) is 7.11 Å². The molecule has 0 rings (SSSR count). The fourth-order valence-electron chi connectivity index (χ4n) is 2.45. The molecule has 0 bridgehead atoms. The van der Waals surface area contributed by atoms with Crippen molar-refractivity contribution in [2.75, 3.05) is 13.7 Å². The normalized spacial score (nSPS) is 17.2. The number of aliphatic hydroxyl groups is 1. The first-order chi connectivity index (χ1) is 8.83. The molecule has 2 unspecified atom stereocenters. The molecular formula is C14H27F3O2. The number of hydrogen-bond donors (Lipinski definition) is 1. The summed E-state index contributed by atoms with van der Waals surface area (Å²) >= 11 is 0. The minimum Gasteiger partial charge on any atom is -0.385 e. The van der Waals surface area contributed by atoms with Gasteiger partial charge in [0, 0.05) is 13.7 Å². The van der Waals surface area contributed by atoms with Crippen molar-refractivity contribution in [3.63, 3.8) is 0 Å². The highest BCUT2D eigenvalue weighted by atomic mass is 19.4. The SMILES string of the molecule is CCCCC(CC)C(O)(CCCCOC)C(F)(F)F. The van der Waals surface area contributed by atoms with E-state index in [1.807, 2.05) is 6.92 Å². The molecule has 5 heteroatoms. The number of alkyl halides is 3. The number of ether oxygens (including phenoxy) is 1. The summed E-state index contributed by atoms with van der Waals surface area (Å²) < 4.78 is 44.4. The topological polar surface area (TPSA) is 29.5 Å². The Bertz CT molecular complexity index is 231. The van der Waals surface area contributed by atoms with E-state index < -0.39 is 17.7 Å². The van der Waals surface area contributed by atoms with Gasteiger partial charge in [0.2, 0.25) is 0 Å². The van der Waals surface area contributed by atoms with E-state index in [0.29, 0.717) is 32.3 Å². The molecule has 19 heavy (non-hydrogen) atoms. The van der Waals surface area contributed by atoms with Crippen molar-refractivity contribution < 1.29 is 23.0 Å². The van der Waals surface area contributed by atoms with Crippen LogP contribution in [0.2, 0.25) is 0 Å². The van der Waals surface area contributed by atoms with Gasteiger partial charge in [-0.3, -0.25) is 0 Å². The molecule has 0 aromatic heterocycles. The first kappa shape index (κ1) is 18.7. The Morgan fingerprint density at radius 3 is 2.16 bits per heavy atom. The lowest BCUT2D eigenvalue weighted by Crippen LogP contribution is -2.51. The van der Waals surface area contributed by atoms with E-state index in [-0.39, 0.29) is 6.42 Å². The lowest BCUT2D eigenvalue weighted by atomic mass is 9.78. The third-order valence-electron chi connectivity index (χ3n) is 3.72. The number of hydrogen-bond acceptors (Lipinski definition) is 2. The molecule has 0 aliphatic rings. The largest absolute Gasteiger partial charge is 0.417 e. The molecule has 0 aromatic carbocycles. The Labute approximate surface area is 114 Å². The molecule has 0 spiro atoms. The van der Waals surface area contributed by atoms with Crippen molar-refractivity contribution in [1.29, 1.82) is 0 Å². The van der Waals surface area contributed by atoms with Gasteiger partial charge < -0.3 is 9.84 Å². The molecule has 2 atom stereocenters. The van der Waals surface area contributed by atoms with Crippen LogP contribution >= 0.6 is 0 Å². The fraction of sp³-hybridized carbons (Fsp3) is 1.00. The first-order valence-electron chi connectivity index (χ1n) is 7.11. The van der Waals surface area contributed by atoms with Crippen LogP contribution in [-0.2, 0) is 4.74 Å². The van der Waals surface area contributed by atoms with Gasteiger partial charge in [-0.1, -0.05) is 33.1 Å². The van der Waals surface area contributed by atoms with E-state index in [1.54, 1.807) is 6.92 Å². The molecule has 1 N–H and O–H groups in total. The molecule has 2 nitrogen and oxygen atoms in total. The minimum atomic E-state index is -4.56. The lowest BCUT2D eigenvalue weighted by molar-refractivity contribution is -0.284. The van der Waals surface area contributed by atoms with Crippen LogP contribution in [0.3, 0.4) is 0 Å². The van der Waals surface area contributed by atoms with Gasteiger partial charge in [0.15, 0.2) is 5.60 Å². The van der Waals surface area contributed by atoms with Crippen LogP contribution in [0.25, 0.3) is 0 Å². The van der Waals surface area contributed by atoms with Gasteiger partial charge in [-0.05, 0) is 31.6 Å². The summed E-state index contributed by atoms with van der Waals surface area (Å²) in [7, 11) is 1.52. The van der Waals surface area contributed by atoms with E-state index in [0.717, 1.165) is 12.8 Å². The minimum absolute atomic E-state index is 0.234. The van der Waals surface area contributed by atoms with Gasteiger partial charge in [-0.25, -0.2) is 0 Å². The van der Waals surface area contributed by atoms with E-state index in [9.17, 15) is 18.3 Å². The lowest BCUT2D eigenvalue weighted by Gasteiger charge is -2.37. The van der Waals surface area contributed by atoms with Gasteiger partial charge >= 0.3 is 6.18 Å². The first-order valence-corrected chi connectivity index (χ1v) is 7.11. The van der Waals surface area contributed by atoms with Gasteiger partial charge in [0.05, 0.1) is 0 Å². The zero-order chi connectivity index (χ0) is 14.9. The van der Waals surface area contributed by atoms with Crippen molar-refractivity contribution in [3.05, 3.63) is 0 Å². The monoisotopic (exact) mass is 284 g/mol. The summed E-state index contributed by atoms with van der Waals surface area (Å²) in [5, 5.41) is 10.2. The van der Waals surface area contributed by atoms with Crippen molar-refractivity contribution in [2.24, 2.45) is 5.92 Å². The quantitative estimate of drug-likeness (QED) is 0.606. The van der Waals surface area contributed by atoms with Crippen LogP contribution in [0.5, 0.6) is 0 Å². The fourth-order valence-corrected chi connectivity index (χ4v) is 2.45. The summed E-state index contributed by atoms with van der Waals surface area (Å²) in [6.45, 7) is 4.09. The maximum Gasteiger partial charge on any atom is 0.417 e. The van der Waals surface area contributed by atoms with Crippen molar-refractivity contribution in [3.8, 4) is 0 Å². The van der Waals surface area contributed by atoms with Crippen LogP contribution in [-0.4, -0.2) is 30.6 Å². The second-order valence-corrected chi connectivity index (χ2v) is 5.12. The van der Waals surface area contributed by atoms with Crippen molar-refractivity contribution in [2.45, 2.75) is 70.6 Å². The number of halogens is 3.